The third-order valence-corrected chi connectivity index (χ3v) is 8.24. The van der Waals surface area contributed by atoms with Crippen LogP contribution in [-0.2, 0) is 4.79 Å². The zero-order valence-electron chi connectivity index (χ0n) is 26.6. The smallest absolute Gasteiger partial charge is 0.355 e. The Labute approximate surface area is 296 Å². The third-order valence-electron chi connectivity index (χ3n) is 8.24. The van der Waals surface area contributed by atoms with Crippen LogP contribution in [0.5, 0.6) is 0 Å². The minimum atomic E-state index is -8.53. The number of nitrogens with one attached hydrogen (secondary N) is 3. The van der Waals surface area contributed by atoms with E-state index in [1.165, 1.54) is 24.3 Å². The van der Waals surface area contributed by atoms with Crippen LogP contribution in [0.3, 0.4) is 0 Å². The number of amides is 1. The number of aromatic nitrogens is 4. The van der Waals surface area contributed by atoms with E-state index >= 15 is 0 Å². The monoisotopic (exact) mass is 797 g/mol. The van der Waals surface area contributed by atoms with Gasteiger partial charge in [-0.1, -0.05) is 18.2 Å². The van der Waals surface area contributed by atoms with Crippen molar-refractivity contribution in [1.82, 2.24) is 19.9 Å². The van der Waals surface area contributed by atoms with Crippen LogP contribution in [0, 0.1) is 0 Å². The minimum Gasteiger partial charge on any atom is -0.355 e. The molecule has 8 bridgehead atoms. The van der Waals surface area contributed by atoms with Gasteiger partial charge < -0.3 is 15.3 Å². The largest absolute Gasteiger partial charge is 0.460 e. The molecule has 3 aromatic heterocycles. The lowest BCUT2D eigenvalue weighted by Gasteiger charge is -2.41. The number of carbonyl (C=O) groups is 1. The fraction of sp³-hybridized carbons (Fsp3) is 0.206. The second-order valence-electron chi connectivity index (χ2n) is 12.0. The van der Waals surface area contributed by atoms with Crippen molar-refractivity contribution in [3.8, 4) is 0 Å². The van der Waals surface area contributed by atoms with Gasteiger partial charge in [-0.25, -0.2) is 9.97 Å². The molecule has 0 radical (unpaired) electrons. The highest BCUT2D eigenvalue weighted by atomic mass is 19.4. The van der Waals surface area contributed by atoms with Crippen LogP contribution in [0.15, 0.2) is 72.8 Å². The van der Waals surface area contributed by atoms with Gasteiger partial charge >= 0.3 is 47.6 Å². The average molecular weight is 798 g/mol. The first-order valence-corrected chi connectivity index (χ1v) is 15.1. The maximum atomic E-state index is 14.8. The molecule has 5 heterocycles. The fourth-order valence-corrected chi connectivity index (χ4v) is 5.37. The summed E-state index contributed by atoms with van der Waals surface area (Å²) in [6.45, 7) is 0. The van der Waals surface area contributed by atoms with E-state index < -0.39 is 53.3 Å². The summed E-state index contributed by atoms with van der Waals surface area (Å²) in [7, 11) is 0. The van der Waals surface area contributed by atoms with Crippen molar-refractivity contribution < 1.29 is 70.7 Å². The van der Waals surface area contributed by atoms with Gasteiger partial charge in [0.05, 0.1) is 22.8 Å². The van der Waals surface area contributed by atoms with Crippen LogP contribution in [0.4, 0.5) is 71.5 Å². The summed E-state index contributed by atoms with van der Waals surface area (Å²) in [5.74, 6) is -52.3. The number of carbonyl (C=O) groups excluding carboxylic acids is 1. The Hall–Kier alpha value is -5.76. The quantitative estimate of drug-likeness (QED) is 0.134. The first-order chi connectivity index (χ1) is 25.3. The van der Waals surface area contributed by atoms with E-state index in [1.54, 1.807) is 42.5 Å². The molecular formula is C34H18F15N5O. The number of rotatable bonds is 8. The molecule has 4 aromatic rings. The molecular weight excluding hydrogens is 779 g/mol. The molecule has 1 aromatic carbocycles. The second kappa shape index (κ2) is 12.7. The predicted octanol–water partition coefficient (Wildman–Crippen LogP) is 10.4. The van der Waals surface area contributed by atoms with Crippen molar-refractivity contribution in [3.05, 3.63) is 101 Å². The van der Waals surface area contributed by atoms with Gasteiger partial charge in [-0.3, -0.25) is 4.79 Å². The van der Waals surface area contributed by atoms with Crippen LogP contribution in [0.1, 0.15) is 28.3 Å². The molecule has 290 valence electrons. The number of fused-ring (bicyclic) bond motifs is 8. The molecule has 0 unspecified atom stereocenters. The molecule has 21 heteroatoms. The Bertz CT molecular complexity index is 2410. The second-order valence-corrected chi connectivity index (χ2v) is 12.0. The summed E-state index contributed by atoms with van der Waals surface area (Å²) in [5.41, 5.74) is 2.02. The van der Waals surface area contributed by atoms with Gasteiger partial charge in [0.1, 0.15) is 0 Å². The highest BCUT2D eigenvalue weighted by molar-refractivity contribution is 6.03. The number of hydrogen-bond donors (Lipinski definition) is 3. The zero-order valence-corrected chi connectivity index (χ0v) is 26.6. The number of H-pyrrole nitrogens is 2. The number of nitrogens with zero attached hydrogens (tertiary/aromatic N) is 2. The van der Waals surface area contributed by atoms with E-state index in [0.717, 1.165) is 29.0 Å². The topological polar surface area (TPSA) is 86.5 Å². The van der Waals surface area contributed by atoms with E-state index in [-0.39, 0.29) is 28.2 Å². The van der Waals surface area contributed by atoms with Crippen molar-refractivity contribution in [1.29, 1.82) is 0 Å². The van der Waals surface area contributed by atoms with Gasteiger partial charge in [-0.2, -0.15) is 65.9 Å². The lowest BCUT2D eigenvalue weighted by Crippen LogP contribution is -2.73. The number of benzene rings is 1. The molecule has 0 saturated heterocycles. The number of aromatic amines is 2. The van der Waals surface area contributed by atoms with Crippen molar-refractivity contribution in [3.63, 3.8) is 0 Å². The molecule has 0 fully saturated rings. The van der Waals surface area contributed by atoms with E-state index in [2.05, 4.69) is 19.9 Å². The molecule has 6 nitrogen and oxygen atoms in total. The lowest BCUT2D eigenvalue weighted by atomic mass is 9.90. The molecule has 0 aliphatic carbocycles. The molecule has 6 rings (SSSR count). The van der Waals surface area contributed by atoms with Crippen LogP contribution in [0.2, 0.25) is 0 Å². The maximum absolute atomic E-state index is 14.8. The molecule has 2 aliphatic heterocycles. The number of alkyl halides is 15. The minimum absolute atomic E-state index is 0.0127. The maximum Gasteiger partial charge on any atom is 0.460 e. The SMILES string of the molecule is O=C(Nc1ccccc1C1=Cc2cc3ccc(cc4ccc(cc5nc(cc1n2)C=C5)[nH]4)[nH]3)C(F)(F)C(F)(F)C(F)(F)C(F)(F)C(F)(F)C(F)(F)C(F)(F)F. The Morgan fingerprint density at radius 2 is 1.00 bits per heavy atom. The number of anilines is 1. The standard InChI is InChI=1S/C34H18F15N5O/c35-28(36,29(37,38)30(39,40)31(41,42)32(43,44)33(45,46)34(47,48)49)27(55)54-25-4-2-1-3-23(25)24-14-22-13-20-8-7-18(51-20)11-16-5-6-17(50-16)12-19-9-10-21(52-19)15-26(24)53-22/h1-15,50-51H,(H,54,55). The lowest BCUT2D eigenvalue weighted by molar-refractivity contribution is -0.449. The average Bonchev–Trinajstić information content (AvgIpc) is 3.90. The highest BCUT2D eigenvalue weighted by Gasteiger charge is 2.94. The van der Waals surface area contributed by atoms with Gasteiger partial charge in [0.25, 0.3) is 0 Å². The van der Waals surface area contributed by atoms with Gasteiger partial charge in [0.15, 0.2) is 0 Å². The highest BCUT2D eigenvalue weighted by Crippen LogP contribution is 2.62. The molecule has 55 heavy (non-hydrogen) atoms. The van der Waals surface area contributed by atoms with Crippen LogP contribution in [0.25, 0.3) is 45.9 Å². The molecule has 2 aliphatic rings. The van der Waals surface area contributed by atoms with Gasteiger partial charge in [-0.05, 0) is 72.8 Å². The fourth-order valence-electron chi connectivity index (χ4n) is 5.37. The van der Waals surface area contributed by atoms with Gasteiger partial charge in [0.2, 0.25) is 0 Å². The van der Waals surface area contributed by atoms with Crippen molar-refractivity contribution in [2.75, 3.05) is 5.32 Å². The Balaban J connectivity index is 1.40. The third kappa shape index (κ3) is 6.27. The summed E-state index contributed by atoms with van der Waals surface area (Å²) in [6, 6.07) is 17.3. The Morgan fingerprint density at radius 1 is 0.527 bits per heavy atom. The van der Waals surface area contributed by atoms with Crippen molar-refractivity contribution in [2.24, 2.45) is 0 Å². The van der Waals surface area contributed by atoms with E-state index in [0.29, 0.717) is 22.2 Å². The first-order valence-electron chi connectivity index (χ1n) is 15.1. The molecule has 0 atom stereocenters. The number of para-hydroxylation sites is 1. The molecule has 0 spiro atoms. The summed E-state index contributed by atoms with van der Waals surface area (Å²) in [4.78, 5) is 27.7. The molecule has 1 amide bonds. The van der Waals surface area contributed by atoms with Crippen LogP contribution in [-0.4, -0.2) is 67.6 Å². The Kier molecular flexibility index (Phi) is 8.96. The van der Waals surface area contributed by atoms with E-state index in [4.69, 9.17) is 0 Å². The van der Waals surface area contributed by atoms with Gasteiger partial charge in [-0.15, -0.1) is 0 Å². The molecule has 0 saturated carbocycles. The van der Waals surface area contributed by atoms with Gasteiger partial charge in [0, 0.05) is 38.9 Å². The van der Waals surface area contributed by atoms with Crippen LogP contribution >= 0.6 is 0 Å². The van der Waals surface area contributed by atoms with Crippen molar-refractivity contribution >= 4 is 57.5 Å². The summed E-state index contributed by atoms with van der Waals surface area (Å²) < 4.78 is 207. The summed E-state index contributed by atoms with van der Waals surface area (Å²) in [5, 5.41) is 1.11. The predicted molar refractivity (Wildman–Crippen MR) is 168 cm³/mol. The zero-order chi connectivity index (χ0) is 40.6. The van der Waals surface area contributed by atoms with Crippen LogP contribution < -0.4 is 5.32 Å². The first kappa shape index (κ1) is 38.9. The van der Waals surface area contributed by atoms with E-state index in [1.807, 2.05) is 6.07 Å². The van der Waals surface area contributed by atoms with E-state index in [9.17, 15) is 70.7 Å². The summed E-state index contributed by atoms with van der Waals surface area (Å²) >= 11 is 0. The number of hydrogen-bond acceptors (Lipinski definition) is 3. The Morgan fingerprint density at radius 3 is 1.56 bits per heavy atom. The number of halogens is 15. The molecule has 3 N–H and O–H groups in total. The van der Waals surface area contributed by atoms with Crippen molar-refractivity contribution in [2.45, 2.75) is 41.7 Å². The normalized spacial score (nSPS) is 14.6. The summed E-state index contributed by atoms with van der Waals surface area (Å²) in [6.07, 6.45) is -3.30.